The summed E-state index contributed by atoms with van der Waals surface area (Å²) in [6.07, 6.45) is 12.5. The lowest BCUT2D eigenvalue weighted by atomic mass is 10.1. The maximum atomic E-state index is 12.1. The molecule has 3 rings (SSSR count). The summed E-state index contributed by atoms with van der Waals surface area (Å²) in [5.74, 6) is -0.000154. The first-order valence-electron chi connectivity index (χ1n) is 8.15. The molecule has 22 heavy (non-hydrogen) atoms. The van der Waals surface area contributed by atoms with Crippen molar-refractivity contribution in [3.8, 4) is 0 Å². The van der Waals surface area contributed by atoms with Crippen molar-refractivity contribution in [2.45, 2.75) is 44.6 Å². The number of amides is 1. The Morgan fingerprint density at radius 1 is 1.09 bits per heavy atom. The van der Waals surface area contributed by atoms with Gasteiger partial charge >= 0.3 is 0 Å². The molecule has 0 atom stereocenters. The van der Waals surface area contributed by atoms with E-state index in [1.54, 1.807) is 12.3 Å². The number of rotatable bonds is 3. The highest BCUT2D eigenvalue weighted by Crippen LogP contribution is 2.18. The third-order valence-corrected chi connectivity index (χ3v) is 4.28. The van der Waals surface area contributed by atoms with Crippen LogP contribution in [0.2, 0.25) is 0 Å². The van der Waals surface area contributed by atoms with Crippen LogP contribution in [0.4, 0.5) is 0 Å². The fraction of sp³-hybridized carbons (Fsp3) is 0.368. The summed E-state index contributed by atoms with van der Waals surface area (Å²) >= 11 is 0. The van der Waals surface area contributed by atoms with Crippen LogP contribution in [-0.4, -0.2) is 16.9 Å². The Bertz CT molecular complexity index is 665. The van der Waals surface area contributed by atoms with Gasteiger partial charge in [-0.2, -0.15) is 0 Å². The number of carbonyl (C=O) groups excluding carboxylic acids is 1. The smallest absolute Gasteiger partial charge is 0.244 e. The lowest BCUT2D eigenvalue weighted by Gasteiger charge is -2.14. The van der Waals surface area contributed by atoms with Gasteiger partial charge in [-0.3, -0.25) is 9.78 Å². The van der Waals surface area contributed by atoms with Crippen molar-refractivity contribution < 1.29 is 4.79 Å². The zero-order valence-corrected chi connectivity index (χ0v) is 12.8. The van der Waals surface area contributed by atoms with Gasteiger partial charge in [-0.15, -0.1) is 0 Å². The minimum absolute atomic E-state index is 0.000154. The van der Waals surface area contributed by atoms with Crippen molar-refractivity contribution in [3.63, 3.8) is 0 Å². The quantitative estimate of drug-likeness (QED) is 0.684. The predicted octanol–water partition coefficient (Wildman–Crippen LogP) is 4.09. The lowest BCUT2D eigenvalue weighted by molar-refractivity contribution is -0.117. The molecule has 1 aromatic heterocycles. The maximum absolute atomic E-state index is 12.1. The molecule has 1 N–H and O–H groups in total. The van der Waals surface area contributed by atoms with Crippen molar-refractivity contribution in [2.75, 3.05) is 0 Å². The minimum Gasteiger partial charge on any atom is -0.350 e. The van der Waals surface area contributed by atoms with Crippen LogP contribution >= 0.6 is 0 Å². The van der Waals surface area contributed by atoms with E-state index in [0.717, 1.165) is 29.3 Å². The maximum Gasteiger partial charge on any atom is 0.244 e. The summed E-state index contributed by atoms with van der Waals surface area (Å²) in [5, 5.41) is 4.22. The molecule has 1 saturated carbocycles. The fourth-order valence-corrected chi connectivity index (χ4v) is 3.10. The van der Waals surface area contributed by atoms with Gasteiger partial charge in [0.2, 0.25) is 5.91 Å². The average Bonchev–Trinajstić information content (AvgIpc) is 2.81. The Morgan fingerprint density at radius 2 is 1.86 bits per heavy atom. The van der Waals surface area contributed by atoms with E-state index in [9.17, 15) is 4.79 Å². The van der Waals surface area contributed by atoms with Crippen molar-refractivity contribution in [2.24, 2.45) is 0 Å². The summed E-state index contributed by atoms with van der Waals surface area (Å²) < 4.78 is 0. The standard InChI is InChI=1S/C19H22N2O/c22-18(21-17-10-3-1-2-4-11-17)13-12-16-8-5-7-15-9-6-14-20-19(15)16/h5-9,12-14,17H,1-4,10-11H2,(H,21,22). The second-order valence-electron chi connectivity index (χ2n) is 5.95. The first-order chi connectivity index (χ1) is 10.8. The first kappa shape index (κ1) is 14.8. The molecule has 1 aromatic carbocycles. The van der Waals surface area contributed by atoms with E-state index in [0.29, 0.717) is 6.04 Å². The fourth-order valence-electron chi connectivity index (χ4n) is 3.10. The van der Waals surface area contributed by atoms with Crippen molar-refractivity contribution in [1.82, 2.24) is 10.3 Å². The molecule has 1 amide bonds. The van der Waals surface area contributed by atoms with E-state index in [1.165, 1.54) is 25.7 Å². The Balaban J connectivity index is 1.68. The lowest BCUT2D eigenvalue weighted by Crippen LogP contribution is -2.33. The van der Waals surface area contributed by atoms with Gasteiger partial charge < -0.3 is 5.32 Å². The van der Waals surface area contributed by atoms with Crippen LogP contribution in [0.15, 0.2) is 42.6 Å². The molecule has 0 unspecified atom stereocenters. The summed E-state index contributed by atoms with van der Waals surface area (Å²) in [6, 6.07) is 10.3. The molecular formula is C19H22N2O. The highest BCUT2D eigenvalue weighted by molar-refractivity contribution is 5.95. The van der Waals surface area contributed by atoms with Crippen LogP contribution in [-0.2, 0) is 4.79 Å². The monoisotopic (exact) mass is 294 g/mol. The molecule has 0 saturated heterocycles. The van der Waals surface area contributed by atoms with Gasteiger partial charge in [0, 0.05) is 29.3 Å². The third-order valence-electron chi connectivity index (χ3n) is 4.28. The van der Waals surface area contributed by atoms with E-state index < -0.39 is 0 Å². The first-order valence-corrected chi connectivity index (χ1v) is 8.15. The van der Waals surface area contributed by atoms with Gasteiger partial charge in [0.1, 0.15) is 0 Å². The zero-order valence-electron chi connectivity index (χ0n) is 12.8. The molecule has 3 heteroatoms. The Labute approximate surface area is 131 Å². The number of fused-ring (bicyclic) bond motifs is 1. The SMILES string of the molecule is O=C(C=Cc1cccc2cccnc12)NC1CCCCCC1. The molecule has 0 radical (unpaired) electrons. The molecule has 0 bridgehead atoms. The topological polar surface area (TPSA) is 42.0 Å². The molecule has 0 spiro atoms. The van der Waals surface area contributed by atoms with Gasteiger partial charge in [0.25, 0.3) is 0 Å². The Kier molecular flexibility index (Phi) is 4.84. The second-order valence-corrected chi connectivity index (χ2v) is 5.95. The number of aromatic nitrogens is 1. The molecule has 1 aliphatic carbocycles. The summed E-state index contributed by atoms with van der Waals surface area (Å²) in [7, 11) is 0. The van der Waals surface area contributed by atoms with E-state index >= 15 is 0 Å². The van der Waals surface area contributed by atoms with Crippen LogP contribution < -0.4 is 5.32 Å². The third kappa shape index (κ3) is 3.73. The summed E-state index contributed by atoms with van der Waals surface area (Å²) in [6.45, 7) is 0. The number of hydrogen-bond donors (Lipinski definition) is 1. The second kappa shape index (κ2) is 7.21. The molecule has 114 valence electrons. The Morgan fingerprint density at radius 3 is 2.68 bits per heavy atom. The van der Waals surface area contributed by atoms with Gasteiger partial charge in [-0.1, -0.05) is 49.9 Å². The largest absolute Gasteiger partial charge is 0.350 e. The number of nitrogens with one attached hydrogen (secondary N) is 1. The molecule has 1 aliphatic rings. The van der Waals surface area contributed by atoms with Gasteiger partial charge in [0.05, 0.1) is 5.52 Å². The minimum atomic E-state index is -0.000154. The zero-order chi connectivity index (χ0) is 15.2. The van der Waals surface area contributed by atoms with E-state index in [-0.39, 0.29) is 5.91 Å². The average molecular weight is 294 g/mol. The van der Waals surface area contributed by atoms with Crippen molar-refractivity contribution >= 4 is 22.9 Å². The molecule has 1 fully saturated rings. The summed E-state index contributed by atoms with van der Waals surface area (Å²) in [5.41, 5.74) is 1.91. The number of para-hydroxylation sites is 1. The van der Waals surface area contributed by atoms with Crippen molar-refractivity contribution in [3.05, 3.63) is 48.2 Å². The number of nitrogens with zero attached hydrogens (tertiary/aromatic N) is 1. The molecule has 0 aliphatic heterocycles. The van der Waals surface area contributed by atoms with Gasteiger partial charge in [-0.05, 0) is 25.0 Å². The number of carbonyl (C=O) groups is 1. The summed E-state index contributed by atoms with van der Waals surface area (Å²) in [4.78, 5) is 16.5. The van der Waals surface area contributed by atoms with E-state index in [2.05, 4.69) is 10.3 Å². The van der Waals surface area contributed by atoms with E-state index in [4.69, 9.17) is 0 Å². The highest BCUT2D eigenvalue weighted by Gasteiger charge is 2.13. The molecule has 3 nitrogen and oxygen atoms in total. The van der Waals surface area contributed by atoms with Crippen LogP contribution in [0.5, 0.6) is 0 Å². The van der Waals surface area contributed by atoms with E-state index in [1.807, 2.05) is 36.4 Å². The predicted molar refractivity (Wildman–Crippen MR) is 90.4 cm³/mol. The number of benzene rings is 1. The molecular weight excluding hydrogens is 272 g/mol. The number of pyridine rings is 1. The number of hydrogen-bond acceptors (Lipinski definition) is 2. The van der Waals surface area contributed by atoms with Crippen LogP contribution in [0.1, 0.15) is 44.1 Å². The molecule has 1 heterocycles. The van der Waals surface area contributed by atoms with Gasteiger partial charge in [0.15, 0.2) is 0 Å². The van der Waals surface area contributed by atoms with Crippen LogP contribution in [0, 0.1) is 0 Å². The van der Waals surface area contributed by atoms with Crippen molar-refractivity contribution in [1.29, 1.82) is 0 Å². The van der Waals surface area contributed by atoms with Crippen LogP contribution in [0.25, 0.3) is 17.0 Å². The van der Waals surface area contributed by atoms with Gasteiger partial charge in [-0.25, -0.2) is 0 Å². The Hall–Kier alpha value is -2.16. The highest BCUT2D eigenvalue weighted by atomic mass is 16.1. The molecule has 2 aromatic rings. The normalized spacial score (nSPS) is 16.7. The van der Waals surface area contributed by atoms with Crippen LogP contribution in [0.3, 0.4) is 0 Å².